The van der Waals surface area contributed by atoms with E-state index in [0.29, 0.717) is 43.5 Å². The number of fused-ring (bicyclic) bond motifs is 3. The minimum absolute atomic E-state index is 0.141. The van der Waals surface area contributed by atoms with Gasteiger partial charge in [-0.1, -0.05) is 48.0 Å². The summed E-state index contributed by atoms with van der Waals surface area (Å²) in [6.07, 6.45) is 1.74. The van der Waals surface area contributed by atoms with Crippen LogP contribution >= 0.6 is 11.6 Å². The second kappa shape index (κ2) is 8.69. The van der Waals surface area contributed by atoms with Crippen LogP contribution in [0.3, 0.4) is 0 Å². The van der Waals surface area contributed by atoms with E-state index >= 15 is 0 Å². The fourth-order valence-corrected chi connectivity index (χ4v) is 4.20. The Kier molecular flexibility index (Phi) is 5.60. The summed E-state index contributed by atoms with van der Waals surface area (Å²) in [4.78, 5) is 15.2. The monoisotopic (exact) mass is 447 g/mol. The van der Waals surface area contributed by atoms with E-state index < -0.39 is 0 Å². The zero-order valence-electron chi connectivity index (χ0n) is 17.6. The molecule has 0 saturated heterocycles. The number of hydrogen-bond donors (Lipinski definition) is 0. The number of ether oxygens (including phenoxy) is 3. The first-order chi connectivity index (χ1) is 15.6. The van der Waals surface area contributed by atoms with Crippen molar-refractivity contribution in [2.24, 2.45) is 0 Å². The topological polar surface area (TPSA) is 48.0 Å². The van der Waals surface area contributed by atoms with Crippen LogP contribution in [0.25, 0.3) is 6.08 Å². The Morgan fingerprint density at radius 3 is 2.75 bits per heavy atom. The molecule has 0 atom stereocenters. The molecule has 0 bridgehead atoms. The maximum atomic E-state index is 13.1. The van der Waals surface area contributed by atoms with Crippen molar-refractivity contribution in [1.82, 2.24) is 4.90 Å². The molecular weight excluding hydrogens is 426 g/mol. The van der Waals surface area contributed by atoms with Crippen molar-refractivity contribution < 1.29 is 19.0 Å². The van der Waals surface area contributed by atoms with Gasteiger partial charge in [0, 0.05) is 23.7 Å². The van der Waals surface area contributed by atoms with Crippen molar-refractivity contribution in [2.45, 2.75) is 20.0 Å². The number of Topliss-reactive ketones (excluding diaryl/α,β-unsaturated/α-hetero) is 1. The number of rotatable bonds is 5. The molecule has 0 spiro atoms. The van der Waals surface area contributed by atoms with Crippen LogP contribution in [0.15, 0.2) is 66.4 Å². The number of allylic oxidation sites excluding steroid dienone is 1. The Bertz CT molecular complexity index is 1220. The summed E-state index contributed by atoms with van der Waals surface area (Å²) < 4.78 is 17.7. The molecule has 0 fully saturated rings. The molecule has 2 aliphatic heterocycles. The molecule has 32 heavy (non-hydrogen) atoms. The van der Waals surface area contributed by atoms with Crippen LogP contribution in [-0.4, -0.2) is 24.0 Å². The first-order valence-electron chi connectivity index (χ1n) is 10.5. The minimum Gasteiger partial charge on any atom is -0.493 e. The maximum absolute atomic E-state index is 13.1. The summed E-state index contributed by atoms with van der Waals surface area (Å²) in [7, 11) is 0. The van der Waals surface area contributed by atoms with Crippen LogP contribution in [0.1, 0.15) is 34.0 Å². The van der Waals surface area contributed by atoms with Crippen molar-refractivity contribution in [1.29, 1.82) is 0 Å². The lowest BCUT2D eigenvalue weighted by atomic mass is 10.0. The lowest BCUT2D eigenvalue weighted by Crippen LogP contribution is -2.31. The van der Waals surface area contributed by atoms with E-state index in [2.05, 4.69) is 4.90 Å². The van der Waals surface area contributed by atoms with Gasteiger partial charge in [-0.2, -0.15) is 0 Å². The summed E-state index contributed by atoms with van der Waals surface area (Å²) in [5.41, 5.74) is 3.25. The number of nitrogens with zero attached hydrogens (tertiary/aromatic N) is 1. The molecule has 2 aliphatic rings. The van der Waals surface area contributed by atoms with Crippen LogP contribution in [0.5, 0.6) is 17.2 Å². The van der Waals surface area contributed by atoms with Gasteiger partial charge in [-0.25, -0.2) is 0 Å². The van der Waals surface area contributed by atoms with Gasteiger partial charge in [-0.05, 0) is 42.8 Å². The van der Waals surface area contributed by atoms with E-state index in [-0.39, 0.29) is 11.5 Å². The molecule has 5 nitrogen and oxygen atoms in total. The molecule has 0 saturated carbocycles. The Morgan fingerprint density at radius 2 is 1.91 bits per heavy atom. The summed E-state index contributed by atoms with van der Waals surface area (Å²) >= 11 is 6.33. The first-order valence-corrected chi connectivity index (χ1v) is 10.9. The number of ketones is 1. The molecule has 0 amide bonds. The smallest absolute Gasteiger partial charge is 0.231 e. The lowest BCUT2D eigenvalue weighted by Gasteiger charge is -2.30. The van der Waals surface area contributed by atoms with Crippen molar-refractivity contribution >= 4 is 23.5 Å². The third-order valence-electron chi connectivity index (χ3n) is 5.54. The Morgan fingerprint density at radius 1 is 1.09 bits per heavy atom. The van der Waals surface area contributed by atoms with Crippen LogP contribution in [0.4, 0.5) is 0 Å². The summed E-state index contributed by atoms with van der Waals surface area (Å²) in [6, 6.07) is 19.0. The Hall–Kier alpha value is -3.28. The molecule has 6 heteroatoms. The molecule has 0 unspecified atom stereocenters. The molecule has 3 aromatic carbocycles. The van der Waals surface area contributed by atoms with Gasteiger partial charge in [0.05, 0.1) is 17.7 Å². The van der Waals surface area contributed by atoms with E-state index in [1.54, 1.807) is 12.1 Å². The summed E-state index contributed by atoms with van der Waals surface area (Å²) in [5, 5.41) is 0.723. The highest BCUT2D eigenvalue weighted by molar-refractivity contribution is 6.31. The molecule has 0 aromatic heterocycles. The Labute approximate surface area is 191 Å². The van der Waals surface area contributed by atoms with Gasteiger partial charge < -0.3 is 14.2 Å². The zero-order chi connectivity index (χ0) is 22.1. The van der Waals surface area contributed by atoms with Gasteiger partial charge in [0.1, 0.15) is 24.0 Å². The number of carbonyl (C=O) groups is 1. The quantitative estimate of drug-likeness (QED) is 0.469. The lowest BCUT2D eigenvalue weighted by molar-refractivity contribution is 0.0873. The molecule has 3 aromatic rings. The first kappa shape index (κ1) is 20.6. The average molecular weight is 448 g/mol. The largest absolute Gasteiger partial charge is 0.493 e. The molecule has 5 rings (SSSR count). The van der Waals surface area contributed by atoms with Crippen LogP contribution in [0.2, 0.25) is 5.02 Å². The van der Waals surface area contributed by atoms with Crippen molar-refractivity contribution in [2.75, 3.05) is 13.3 Å². The number of hydrogen-bond acceptors (Lipinski definition) is 5. The third kappa shape index (κ3) is 3.85. The van der Waals surface area contributed by atoms with Gasteiger partial charge >= 0.3 is 0 Å². The van der Waals surface area contributed by atoms with Crippen LogP contribution in [-0.2, 0) is 13.1 Å². The molecule has 0 radical (unpaired) electrons. The van der Waals surface area contributed by atoms with Gasteiger partial charge in [0.15, 0.2) is 5.76 Å². The number of halogens is 1. The highest BCUT2D eigenvalue weighted by Crippen LogP contribution is 2.42. The van der Waals surface area contributed by atoms with E-state index in [1.807, 2.05) is 61.5 Å². The maximum Gasteiger partial charge on any atom is 0.231 e. The number of carbonyl (C=O) groups excluding carboxylic acids is 1. The Balaban J connectivity index is 1.43. The van der Waals surface area contributed by atoms with Gasteiger partial charge in [-0.15, -0.1) is 0 Å². The predicted molar refractivity (Wildman–Crippen MR) is 123 cm³/mol. The molecule has 162 valence electrons. The SMILES string of the molecule is CCOc1ccccc1/C=C1\Oc2c(ccc3c2CN(Cc2ccccc2Cl)CO3)C1=O. The minimum atomic E-state index is -0.141. The molecule has 2 heterocycles. The standard InChI is InChI=1S/C26H22ClNO4/c1-2-30-22-10-6-4-7-17(22)13-24-25(29)19-11-12-23-20(26(19)32-24)15-28(16-31-23)14-18-8-3-5-9-21(18)27/h3-13H,2,14-16H2,1H3/b24-13-. The predicted octanol–water partition coefficient (Wildman–Crippen LogP) is 5.71. The number of benzene rings is 3. The van der Waals surface area contributed by atoms with Gasteiger partial charge in [0.25, 0.3) is 0 Å². The second-order valence-corrected chi connectivity index (χ2v) is 8.09. The average Bonchev–Trinajstić information content (AvgIpc) is 3.12. The van der Waals surface area contributed by atoms with Crippen LogP contribution < -0.4 is 14.2 Å². The fourth-order valence-electron chi connectivity index (χ4n) is 4.00. The molecule has 0 N–H and O–H groups in total. The van der Waals surface area contributed by atoms with E-state index in [1.165, 1.54) is 0 Å². The van der Waals surface area contributed by atoms with E-state index in [9.17, 15) is 4.79 Å². The summed E-state index contributed by atoms with van der Waals surface area (Å²) in [5.74, 6) is 2.16. The van der Waals surface area contributed by atoms with Gasteiger partial charge in [-0.3, -0.25) is 9.69 Å². The molecular formula is C26H22ClNO4. The van der Waals surface area contributed by atoms with Gasteiger partial charge in [0.2, 0.25) is 5.78 Å². The number of para-hydroxylation sites is 1. The normalized spacial score (nSPS) is 16.3. The van der Waals surface area contributed by atoms with Crippen LogP contribution in [0, 0.1) is 0 Å². The van der Waals surface area contributed by atoms with Crippen molar-refractivity contribution in [3.63, 3.8) is 0 Å². The zero-order valence-corrected chi connectivity index (χ0v) is 18.4. The van der Waals surface area contributed by atoms with Crippen molar-refractivity contribution in [3.05, 3.63) is 93.7 Å². The summed E-state index contributed by atoms with van der Waals surface area (Å²) in [6.45, 7) is 4.15. The fraction of sp³-hybridized carbons (Fsp3) is 0.192. The third-order valence-corrected chi connectivity index (χ3v) is 5.91. The van der Waals surface area contributed by atoms with E-state index in [0.717, 1.165) is 27.5 Å². The molecule has 0 aliphatic carbocycles. The van der Waals surface area contributed by atoms with E-state index in [4.69, 9.17) is 25.8 Å². The highest BCUT2D eigenvalue weighted by Gasteiger charge is 2.33. The second-order valence-electron chi connectivity index (χ2n) is 7.68. The van der Waals surface area contributed by atoms with Crippen molar-refractivity contribution in [3.8, 4) is 17.2 Å². The highest BCUT2D eigenvalue weighted by atomic mass is 35.5.